The van der Waals surface area contributed by atoms with Crippen molar-refractivity contribution >= 4 is 0 Å². The van der Waals surface area contributed by atoms with Crippen LogP contribution in [-0.4, -0.2) is 49.8 Å². The van der Waals surface area contributed by atoms with Gasteiger partial charge in [0.2, 0.25) is 0 Å². The summed E-state index contributed by atoms with van der Waals surface area (Å²) in [7, 11) is 0. The fourth-order valence-corrected chi connectivity index (χ4v) is 1.09. The first-order valence-electron chi connectivity index (χ1n) is 6.05. The van der Waals surface area contributed by atoms with Gasteiger partial charge in [-0.3, -0.25) is 0 Å². The van der Waals surface area contributed by atoms with E-state index in [0.29, 0.717) is 19.8 Å². The van der Waals surface area contributed by atoms with E-state index in [1.807, 2.05) is 13.8 Å². The third-order valence-electron chi connectivity index (χ3n) is 1.94. The standard InChI is InChI=1S/C12H26O4/c1-5-6-14-8-11(3)16-9-12(4)15-7-10(2)13/h10-13H,5-9H2,1-4H3/t10-,11+,12+/m1/s1. The van der Waals surface area contributed by atoms with Gasteiger partial charge in [0.25, 0.3) is 0 Å². The summed E-state index contributed by atoms with van der Waals surface area (Å²) in [5, 5.41) is 9.04. The predicted octanol–water partition coefficient (Wildman–Crippen LogP) is 1.60. The third kappa shape index (κ3) is 10.4. The number of aliphatic hydroxyl groups excluding tert-OH is 1. The van der Waals surface area contributed by atoms with Crippen molar-refractivity contribution in [2.24, 2.45) is 0 Å². The van der Waals surface area contributed by atoms with E-state index < -0.39 is 6.10 Å². The smallest absolute Gasteiger partial charge is 0.0781 e. The first-order valence-corrected chi connectivity index (χ1v) is 6.05. The molecule has 0 heterocycles. The zero-order chi connectivity index (χ0) is 12.4. The maximum Gasteiger partial charge on any atom is 0.0781 e. The van der Waals surface area contributed by atoms with Crippen molar-refractivity contribution in [2.45, 2.75) is 52.4 Å². The Balaban J connectivity index is 3.39. The molecule has 1 N–H and O–H groups in total. The van der Waals surface area contributed by atoms with Gasteiger partial charge in [-0.05, 0) is 27.2 Å². The van der Waals surface area contributed by atoms with Crippen molar-refractivity contribution in [3.63, 3.8) is 0 Å². The lowest BCUT2D eigenvalue weighted by atomic mass is 10.4. The number of aliphatic hydroxyl groups is 1. The molecule has 4 nitrogen and oxygen atoms in total. The molecular formula is C12H26O4. The van der Waals surface area contributed by atoms with Gasteiger partial charge in [0.05, 0.1) is 38.1 Å². The van der Waals surface area contributed by atoms with Crippen LogP contribution >= 0.6 is 0 Å². The van der Waals surface area contributed by atoms with Crippen molar-refractivity contribution in [3.8, 4) is 0 Å². The summed E-state index contributed by atoms with van der Waals surface area (Å²) >= 11 is 0. The van der Waals surface area contributed by atoms with Gasteiger partial charge in [-0.25, -0.2) is 0 Å². The molecule has 0 spiro atoms. The Morgan fingerprint density at radius 2 is 1.50 bits per heavy atom. The lowest BCUT2D eigenvalue weighted by Crippen LogP contribution is -2.25. The molecule has 98 valence electrons. The van der Waals surface area contributed by atoms with Crippen LogP contribution in [0.3, 0.4) is 0 Å². The van der Waals surface area contributed by atoms with Crippen molar-refractivity contribution in [3.05, 3.63) is 0 Å². The third-order valence-corrected chi connectivity index (χ3v) is 1.94. The highest BCUT2D eigenvalue weighted by molar-refractivity contribution is 4.53. The zero-order valence-corrected chi connectivity index (χ0v) is 10.9. The van der Waals surface area contributed by atoms with Gasteiger partial charge < -0.3 is 19.3 Å². The molecular weight excluding hydrogens is 208 g/mol. The molecule has 0 aromatic carbocycles. The Hall–Kier alpha value is -0.160. The number of ether oxygens (including phenoxy) is 3. The highest BCUT2D eigenvalue weighted by Gasteiger charge is 2.08. The summed E-state index contributed by atoms with van der Waals surface area (Å²) in [5.41, 5.74) is 0. The normalized spacial score (nSPS) is 17.1. The summed E-state index contributed by atoms with van der Waals surface area (Å²) < 4.78 is 16.3. The van der Waals surface area contributed by atoms with E-state index >= 15 is 0 Å². The minimum atomic E-state index is -0.423. The summed E-state index contributed by atoms with van der Waals surface area (Å²) in [6, 6.07) is 0. The van der Waals surface area contributed by atoms with Crippen LogP contribution < -0.4 is 0 Å². The second kappa shape index (κ2) is 10.0. The molecule has 0 amide bonds. The second-order valence-electron chi connectivity index (χ2n) is 4.21. The minimum absolute atomic E-state index is 0.00299. The second-order valence-corrected chi connectivity index (χ2v) is 4.21. The Labute approximate surface area is 98.9 Å². The molecule has 0 aliphatic carbocycles. The van der Waals surface area contributed by atoms with Crippen LogP contribution in [0.1, 0.15) is 34.1 Å². The molecule has 0 radical (unpaired) electrons. The Morgan fingerprint density at radius 3 is 2.06 bits per heavy atom. The molecule has 4 heteroatoms. The monoisotopic (exact) mass is 234 g/mol. The molecule has 0 aromatic rings. The maximum absolute atomic E-state index is 9.04. The van der Waals surface area contributed by atoms with Gasteiger partial charge >= 0.3 is 0 Å². The van der Waals surface area contributed by atoms with Gasteiger partial charge in [-0.15, -0.1) is 0 Å². The van der Waals surface area contributed by atoms with Crippen molar-refractivity contribution in [2.75, 3.05) is 26.4 Å². The van der Waals surface area contributed by atoms with E-state index in [2.05, 4.69) is 6.92 Å². The molecule has 0 saturated heterocycles. The van der Waals surface area contributed by atoms with Gasteiger partial charge in [0, 0.05) is 6.61 Å². The van der Waals surface area contributed by atoms with Crippen LogP contribution in [0.2, 0.25) is 0 Å². The maximum atomic E-state index is 9.04. The van der Waals surface area contributed by atoms with Crippen LogP contribution in [0.4, 0.5) is 0 Å². The topological polar surface area (TPSA) is 47.9 Å². The number of hydrogen-bond donors (Lipinski definition) is 1. The summed E-state index contributed by atoms with van der Waals surface area (Å²) in [6.45, 7) is 9.98. The SMILES string of the molecule is CCCOC[C@H](C)OC[C@H](C)OC[C@@H](C)O. The molecule has 16 heavy (non-hydrogen) atoms. The van der Waals surface area contributed by atoms with Gasteiger partial charge in [0.1, 0.15) is 0 Å². The van der Waals surface area contributed by atoms with Crippen LogP contribution in [0.25, 0.3) is 0 Å². The Bertz CT molecular complexity index is 150. The van der Waals surface area contributed by atoms with E-state index in [9.17, 15) is 0 Å². The quantitative estimate of drug-likeness (QED) is 0.583. The first kappa shape index (κ1) is 15.8. The van der Waals surface area contributed by atoms with Gasteiger partial charge in [0.15, 0.2) is 0 Å². The van der Waals surface area contributed by atoms with E-state index in [-0.39, 0.29) is 12.2 Å². The average Bonchev–Trinajstić information content (AvgIpc) is 2.24. The zero-order valence-electron chi connectivity index (χ0n) is 10.9. The van der Waals surface area contributed by atoms with E-state index in [4.69, 9.17) is 19.3 Å². The molecule has 0 fully saturated rings. The molecule has 0 bridgehead atoms. The van der Waals surface area contributed by atoms with Crippen molar-refractivity contribution in [1.82, 2.24) is 0 Å². The number of hydrogen-bond acceptors (Lipinski definition) is 4. The molecule has 0 aromatic heterocycles. The van der Waals surface area contributed by atoms with Crippen molar-refractivity contribution in [1.29, 1.82) is 0 Å². The van der Waals surface area contributed by atoms with E-state index in [1.165, 1.54) is 0 Å². The van der Waals surface area contributed by atoms with E-state index in [1.54, 1.807) is 6.92 Å². The largest absolute Gasteiger partial charge is 0.391 e. The van der Waals surface area contributed by atoms with Crippen molar-refractivity contribution < 1.29 is 19.3 Å². The lowest BCUT2D eigenvalue weighted by molar-refractivity contribution is -0.0699. The first-order chi connectivity index (χ1) is 7.56. The van der Waals surface area contributed by atoms with Crippen LogP contribution in [0.5, 0.6) is 0 Å². The Kier molecular flexibility index (Phi) is 9.92. The number of rotatable bonds is 10. The molecule has 0 rings (SSSR count). The van der Waals surface area contributed by atoms with Gasteiger partial charge in [-0.2, -0.15) is 0 Å². The van der Waals surface area contributed by atoms with Crippen LogP contribution in [0, 0.1) is 0 Å². The van der Waals surface area contributed by atoms with Crippen LogP contribution in [0.15, 0.2) is 0 Å². The highest BCUT2D eigenvalue weighted by Crippen LogP contribution is 1.99. The molecule has 0 aliphatic rings. The lowest BCUT2D eigenvalue weighted by Gasteiger charge is -2.18. The highest BCUT2D eigenvalue weighted by atomic mass is 16.6. The van der Waals surface area contributed by atoms with Crippen LogP contribution in [-0.2, 0) is 14.2 Å². The predicted molar refractivity (Wildman–Crippen MR) is 63.6 cm³/mol. The summed E-state index contributed by atoms with van der Waals surface area (Å²) in [4.78, 5) is 0. The van der Waals surface area contributed by atoms with E-state index in [0.717, 1.165) is 13.0 Å². The summed E-state index contributed by atoms with van der Waals surface area (Å²) in [6.07, 6.45) is 0.695. The van der Waals surface area contributed by atoms with Gasteiger partial charge in [-0.1, -0.05) is 6.92 Å². The fraction of sp³-hybridized carbons (Fsp3) is 1.00. The molecule has 0 aliphatic heterocycles. The molecule has 3 atom stereocenters. The summed E-state index contributed by atoms with van der Waals surface area (Å²) in [5.74, 6) is 0. The average molecular weight is 234 g/mol. The Morgan fingerprint density at radius 1 is 0.938 bits per heavy atom. The molecule has 0 unspecified atom stereocenters. The minimum Gasteiger partial charge on any atom is -0.391 e. The fourth-order valence-electron chi connectivity index (χ4n) is 1.09. The molecule has 0 saturated carbocycles.